The number of hydrogen-bond acceptors (Lipinski definition) is 5. The Morgan fingerprint density at radius 3 is 1.78 bits per heavy atom. The molecule has 7 nitrogen and oxygen atoms in total. The highest BCUT2D eigenvalue weighted by molar-refractivity contribution is 7.98. The first kappa shape index (κ1) is 25.4. The molecule has 0 spiro atoms. The fourth-order valence-corrected chi connectivity index (χ4v) is 3.12. The molecule has 0 aromatic rings. The van der Waals surface area contributed by atoms with Gasteiger partial charge in [-0.05, 0) is 43.1 Å². The van der Waals surface area contributed by atoms with Gasteiger partial charge in [-0.2, -0.15) is 11.8 Å². The molecule has 0 saturated carbocycles. The molecule has 27 heavy (non-hydrogen) atoms. The van der Waals surface area contributed by atoms with Crippen molar-refractivity contribution in [3.05, 3.63) is 0 Å². The van der Waals surface area contributed by atoms with E-state index in [-0.39, 0.29) is 29.6 Å². The fraction of sp³-hybridized carbons (Fsp3) is 0.789. The minimum atomic E-state index is -0.752. The zero-order valence-corrected chi connectivity index (χ0v) is 18.2. The Kier molecular flexibility index (Phi) is 12.8. The lowest BCUT2D eigenvalue weighted by Crippen LogP contribution is -2.55. The molecule has 3 atom stereocenters. The Bertz CT molecular complexity index is 497. The predicted molar refractivity (Wildman–Crippen MR) is 109 cm³/mol. The van der Waals surface area contributed by atoms with Gasteiger partial charge in [-0.1, -0.05) is 27.7 Å². The van der Waals surface area contributed by atoms with E-state index in [9.17, 15) is 19.2 Å². The first-order valence-electron chi connectivity index (χ1n) is 9.42. The average molecular weight is 402 g/mol. The summed E-state index contributed by atoms with van der Waals surface area (Å²) in [5.74, 6) is 0.0814. The van der Waals surface area contributed by atoms with Gasteiger partial charge in [0, 0.05) is 6.92 Å². The van der Waals surface area contributed by atoms with Gasteiger partial charge >= 0.3 is 0 Å². The molecule has 156 valence electrons. The molecule has 0 heterocycles. The number of hydrogen-bond donors (Lipinski definition) is 3. The van der Waals surface area contributed by atoms with E-state index in [1.54, 1.807) is 11.8 Å². The lowest BCUT2D eigenvalue weighted by Gasteiger charge is -2.25. The summed E-state index contributed by atoms with van der Waals surface area (Å²) in [5.41, 5.74) is 0. The lowest BCUT2D eigenvalue weighted by molar-refractivity contribution is -0.133. The van der Waals surface area contributed by atoms with Crippen LogP contribution in [0.5, 0.6) is 0 Å². The molecule has 8 heteroatoms. The van der Waals surface area contributed by atoms with Crippen LogP contribution in [-0.4, -0.2) is 54.1 Å². The van der Waals surface area contributed by atoms with Crippen molar-refractivity contribution < 1.29 is 19.2 Å². The zero-order chi connectivity index (χ0) is 21.0. The summed E-state index contributed by atoms with van der Waals surface area (Å²) in [6.07, 6.45) is 4.12. The number of carbonyl (C=O) groups is 4. The van der Waals surface area contributed by atoms with E-state index in [1.807, 2.05) is 34.0 Å². The molecule has 0 fully saturated rings. The maximum Gasteiger partial charge on any atom is 0.243 e. The standard InChI is InChI=1S/C19H35N3O4S/c1-12(2)9-16(20-14(5)24)19(26)22-17(10-13(3)4)18(25)21-15(11-23)7-8-27-6/h11-13,15-17H,7-10H2,1-6H3,(H,20,24)(H,21,25)(H,22,26)/t15-,16-,17+/m1/s1. The Balaban J connectivity index is 5.14. The molecule has 0 bridgehead atoms. The average Bonchev–Trinajstić information content (AvgIpc) is 2.55. The number of carbonyl (C=O) groups excluding carboxylic acids is 4. The normalized spacial score (nSPS) is 14.4. The van der Waals surface area contributed by atoms with E-state index >= 15 is 0 Å². The number of thioether (sulfide) groups is 1. The van der Waals surface area contributed by atoms with E-state index in [4.69, 9.17) is 0 Å². The van der Waals surface area contributed by atoms with Gasteiger partial charge in [-0.25, -0.2) is 0 Å². The highest BCUT2D eigenvalue weighted by Crippen LogP contribution is 2.09. The smallest absolute Gasteiger partial charge is 0.243 e. The molecule has 0 aliphatic heterocycles. The van der Waals surface area contributed by atoms with Gasteiger partial charge in [0.05, 0.1) is 6.04 Å². The van der Waals surface area contributed by atoms with Crippen molar-refractivity contribution in [3.63, 3.8) is 0 Å². The Morgan fingerprint density at radius 1 is 0.889 bits per heavy atom. The van der Waals surface area contributed by atoms with E-state index in [1.165, 1.54) is 6.92 Å². The van der Waals surface area contributed by atoms with Crippen molar-refractivity contribution in [2.24, 2.45) is 11.8 Å². The maximum absolute atomic E-state index is 12.7. The second-order valence-corrected chi connectivity index (χ2v) is 8.59. The summed E-state index contributed by atoms with van der Waals surface area (Å²) in [6.45, 7) is 9.19. The minimum Gasteiger partial charge on any atom is -0.345 e. The third-order valence-electron chi connectivity index (χ3n) is 3.87. The van der Waals surface area contributed by atoms with Crippen LogP contribution in [0, 0.1) is 11.8 Å². The van der Waals surface area contributed by atoms with Gasteiger partial charge in [-0.3, -0.25) is 14.4 Å². The van der Waals surface area contributed by atoms with Crippen LogP contribution in [0.3, 0.4) is 0 Å². The molecule has 3 amide bonds. The molecular formula is C19H35N3O4S. The molecule has 0 saturated heterocycles. The number of nitrogens with one attached hydrogen (secondary N) is 3. The highest BCUT2D eigenvalue weighted by Gasteiger charge is 2.28. The summed E-state index contributed by atoms with van der Waals surface area (Å²) in [5, 5.41) is 8.11. The number of aldehydes is 1. The SMILES string of the molecule is CSCC[C@H](C=O)NC(=O)[C@H](CC(C)C)NC(=O)[C@@H](CC(C)C)NC(C)=O. The van der Waals surface area contributed by atoms with E-state index in [0.29, 0.717) is 19.3 Å². The summed E-state index contributed by atoms with van der Waals surface area (Å²) in [4.78, 5) is 47.9. The molecule has 0 radical (unpaired) electrons. The van der Waals surface area contributed by atoms with Gasteiger partial charge in [0.25, 0.3) is 0 Å². The van der Waals surface area contributed by atoms with Gasteiger partial charge in [-0.15, -0.1) is 0 Å². The van der Waals surface area contributed by atoms with Crippen molar-refractivity contribution in [1.82, 2.24) is 16.0 Å². The maximum atomic E-state index is 12.7. The van der Waals surface area contributed by atoms with Crippen LogP contribution >= 0.6 is 11.8 Å². The van der Waals surface area contributed by atoms with Gasteiger partial charge in [0.2, 0.25) is 17.7 Å². The monoisotopic (exact) mass is 401 g/mol. The molecule has 0 aromatic heterocycles. The first-order valence-corrected chi connectivity index (χ1v) is 10.8. The van der Waals surface area contributed by atoms with Crippen LogP contribution in [0.15, 0.2) is 0 Å². The lowest BCUT2D eigenvalue weighted by atomic mass is 10.00. The van der Waals surface area contributed by atoms with Gasteiger partial charge in [0.15, 0.2) is 0 Å². The van der Waals surface area contributed by atoms with Crippen molar-refractivity contribution in [1.29, 1.82) is 0 Å². The van der Waals surface area contributed by atoms with Crippen molar-refractivity contribution in [2.45, 2.75) is 72.0 Å². The molecule has 0 aliphatic rings. The fourth-order valence-electron chi connectivity index (χ4n) is 2.63. The summed E-state index contributed by atoms with van der Waals surface area (Å²) in [6, 6.07) is -2.01. The van der Waals surface area contributed by atoms with Crippen LogP contribution in [0.4, 0.5) is 0 Å². The third kappa shape index (κ3) is 11.7. The number of amides is 3. The van der Waals surface area contributed by atoms with Crippen LogP contribution in [0.25, 0.3) is 0 Å². The summed E-state index contributed by atoms with van der Waals surface area (Å²) < 4.78 is 0. The summed E-state index contributed by atoms with van der Waals surface area (Å²) in [7, 11) is 0. The third-order valence-corrected chi connectivity index (χ3v) is 4.51. The quantitative estimate of drug-likeness (QED) is 0.406. The van der Waals surface area contributed by atoms with Crippen molar-refractivity contribution in [3.8, 4) is 0 Å². The highest BCUT2D eigenvalue weighted by atomic mass is 32.2. The molecule has 0 aliphatic carbocycles. The van der Waals surface area contributed by atoms with E-state index in [2.05, 4.69) is 16.0 Å². The van der Waals surface area contributed by atoms with Crippen molar-refractivity contribution in [2.75, 3.05) is 12.0 Å². The van der Waals surface area contributed by atoms with Crippen molar-refractivity contribution >= 4 is 35.8 Å². The Morgan fingerprint density at radius 2 is 1.37 bits per heavy atom. The molecule has 3 N–H and O–H groups in total. The zero-order valence-electron chi connectivity index (χ0n) is 17.3. The van der Waals surface area contributed by atoms with Gasteiger partial charge < -0.3 is 20.7 Å². The van der Waals surface area contributed by atoms with Crippen LogP contribution in [-0.2, 0) is 19.2 Å². The van der Waals surface area contributed by atoms with Crippen LogP contribution in [0.1, 0.15) is 53.9 Å². The Labute approximate surface area is 167 Å². The van der Waals surface area contributed by atoms with Crippen LogP contribution < -0.4 is 16.0 Å². The minimum absolute atomic E-state index is 0.172. The largest absolute Gasteiger partial charge is 0.345 e. The predicted octanol–water partition coefficient (Wildman–Crippen LogP) is 1.50. The molecule has 0 rings (SSSR count). The molecule has 0 unspecified atom stereocenters. The number of rotatable bonds is 13. The Hall–Kier alpha value is -1.57. The molecular weight excluding hydrogens is 366 g/mol. The van der Waals surface area contributed by atoms with Gasteiger partial charge in [0.1, 0.15) is 18.4 Å². The topological polar surface area (TPSA) is 104 Å². The second-order valence-electron chi connectivity index (χ2n) is 7.61. The first-order chi connectivity index (χ1) is 12.6. The van der Waals surface area contributed by atoms with Crippen LogP contribution in [0.2, 0.25) is 0 Å². The molecule has 0 aromatic carbocycles. The second kappa shape index (κ2) is 13.6. The summed E-state index contributed by atoms with van der Waals surface area (Å²) >= 11 is 1.60. The van der Waals surface area contributed by atoms with E-state index in [0.717, 1.165) is 12.0 Å². The van der Waals surface area contributed by atoms with E-state index < -0.39 is 18.1 Å².